The van der Waals surface area contributed by atoms with Gasteiger partial charge in [0.25, 0.3) is 5.56 Å². The number of urea groups is 1. The average Bonchev–Trinajstić information content (AvgIpc) is 3.24. The summed E-state index contributed by atoms with van der Waals surface area (Å²) < 4.78 is 9.04. The van der Waals surface area contributed by atoms with Crippen molar-refractivity contribution in [1.82, 2.24) is 14.7 Å². The van der Waals surface area contributed by atoms with E-state index in [-0.39, 0.29) is 17.3 Å². The SMILES string of the molecule is Cc1c(NC(=O)N[C@H](C)c2cc3ccccc3o2)c(=O)n(-c2ccccc2)n1C. The van der Waals surface area contributed by atoms with E-state index in [1.807, 2.05) is 67.6 Å². The molecule has 7 heteroatoms. The predicted molar refractivity (Wildman–Crippen MR) is 113 cm³/mol. The predicted octanol–water partition coefficient (Wildman–Crippen LogP) is 4.11. The Labute approximate surface area is 167 Å². The molecule has 7 nitrogen and oxygen atoms in total. The molecule has 2 amide bonds. The van der Waals surface area contributed by atoms with Crippen molar-refractivity contribution in [3.05, 3.63) is 82.5 Å². The van der Waals surface area contributed by atoms with Crippen LogP contribution < -0.4 is 16.2 Å². The Morgan fingerprint density at radius 2 is 1.76 bits per heavy atom. The third-order valence-electron chi connectivity index (χ3n) is 5.01. The van der Waals surface area contributed by atoms with Crippen molar-refractivity contribution >= 4 is 22.7 Å². The Bertz CT molecular complexity index is 1200. The topological polar surface area (TPSA) is 81.2 Å². The highest BCUT2D eigenvalue weighted by molar-refractivity contribution is 5.90. The summed E-state index contributed by atoms with van der Waals surface area (Å²) in [7, 11) is 1.78. The number of nitrogens with zero attached hydrogens (tertiary/aromatic N) is 2. The van der Waals surface area contributed by atoms with E-state index in [1.165, 1.54) is 4.68 Å². The molecule has 0 aliphatic carbocycles. The van der Waals surface area contributed by atoms with Crippen LogP contribution in [0.15, 0.2) is 69.9 Å². The minimum atomic E-state index is -0.469. The number of para-hydroxylation sites is 2. The van der Waals surface area contributed by atoms with Crippen LogP contribution in [-0.2, 0) is 7.05 Å². The molecule has 2 heterocycles. The number of aromatic nitrogens is 2. The second-order valence-electron chi connectivity index (χ2n) is 6.94. The lowest BCUT2D eigenvalue weighted by Gasteiger charge is -2.12. The van der Waals surface area contributed by atoms with Crippen molar-refractivity contribution in [3.63, 3.8) is 0 Å². The van der Waals surface area contributed by atoms with Crippen molar-refractivity contribution < 1.29 is 9.21 Å². The minimum Gasteiger partial charge on any atom is -0.459 e. The van der Waals surface area contributed by atoms with Crippen LogP contribution in [0.25, 0.3) is 16.7 Å². The van der Waals surface area contributed by atoms with Crippen molar-refractivity contribution in [2.75, 3.05) is 5.32 Å². The van der Waals surface area contributed by atoms with Gasteiger partial charge in [0.15, 0.2) is 0 Å². The molecule has 2 aromatic carbocycles. The molecule has 2 aromatic heterocycles. The van der Waals surface area contributed by atoms with Gasteiger partial charge in [-0.2, -0.15) is 0 Å². The Kier molecular flexibility index (Phi) is 4.72. The first-order chi connectivity index (χ1) is 14.0. The summed E-state index contributed by atoms with van der Waals surface area (Å²) >= 11 is 0. The van der Waals surface area contributed by atoms with Crippen LogP contribution in [0.2, 0.25) is 0 Å². The van der Waals surface area contributed by atoms with E-state index < -0.39 is 6.03 Å². The Morgan fingerprint density at radius 1 is 1.07 bits per heavy atom. The van der Waals surface area contributed by atoms with Gasteiger partial charge in [-0.15, -0.1) is 0 Å². The van der Waals surface area contributed by atoms with Gasteiger partial charge >= 0.3 is 6.03 Å². The maximum Gasteiger partial charge on any atom is 0.320 e. The molecule has 2 N–H and O–H groups in total. The number of carbonyl (C=O) groups excluding carboxylic acids is 1. The number of rotatable bonds is 4. The number of nitrogens with one attached hydrogen (secondary N) is 2. The molecule has 4 rings (SSSR count). The third kappa shape index (κ3) is 3.42. The standard InChI is InChI=1S/C22H22N4O3/c1-14(19-13-16-9-7-8-12-18(16)29-19)23-22(28)24-20-15(2)25(3)26(21(20)27)17-10-5-4-6-11-17/h4-14H,1-3H3,(H2,23,24,28)/t14-/m1/s1. The van der Waals surface area contributed by atoms with Crippen molar-refractivity contribution in [1.29, 1.82) is 0 Å². The Morgan fingerprint density at radius 3 is 2.48 bits per heavy atom. The van der Waals surface area contributed by atoms with E-state index in [4.69, 9.17) is 4.42 Å². The van der Waals surface area contributed by atoms with Crippen molar-refractivity contribution in [2.45, 2.75) is 19.9 Å². The van der Waals surface area contributed by atoms with E-state index >= 15 is 0 Å². The van der Waals surface area contributed by atoms with Crippen LogP contribution in [0.3, 0.4) is 0 Å². The number of hydrogen-bond donors (Lipinski definition) is 2. The molecule has 29 heavy (non-hydrogen) atoms. The zero-order valence-corrected chi connectivity index (χ0v) is 16.5. The lowest BCUT2D eigenvalue weighted by atomic mass is 10.2. The van der Waals surface area contributed by atoms with Crippen LogP contribution in [0.4, 0.5) is 10.5 Å². The molecule has 0 radical (unpaired) electrons. The van der Waals surface area contributed by atoms with Crippen LogP contribution in [0.5, 0.6) is 0 Å². The lowest BCUT2D eigenvalue weighted by molar-refractivity contribution is 0.248. The highest BCUT2D eigenvalue weighted by atomic mass is 16.3. The molecule has 0 saturated heterocycles. The molecule has 148 valence electrons. The second-order valence-corrected chi connectivity index (χ2v) is 6.94. The van der Waals surface area contributed by atoms with Crippen molar-refractivity contribution in [2.24, 2.45) is 7.05 Å². The number of benzene rings is 2. The summed E-state index contributed by atoms with van der Waals surface area (Å²) in [4.78, 5) is 25.5. The Hall–Kier alpha value is -3.74. The van der Waals surface area contributed by atoms with Gasteiger partial charge in [0.1, 0.15) is 17.0 Å². The number of hydrogen-bond acceptors (Lipinski definition) is 3. The van der Waals surface area contributed by atoms with E-state index in [0.29, 0.717) is 11.5 Å². The number of anilines is 1. The van der Waals surface area contributed by atoms with Crippen LogP contribution in [0.1, 0.15) is 24.4 Å². The molecule has 1 atom stereocenters. The first kappa shape index (κ1) is 18.6. The van der Waals surface area contributed by atoms with E-state index in [9.17, 15) is 9.59 Å². The van der Waals surface area contributed by atoms with E-state index in [0.717, 1.165) is 16.7 Å². The zero-order chi connectivity index (χ0) is 20.5. The van der Waals surface area contributed by atoms with Gasteiger partial charge in [0, 0.05) is 12.4 Å². The molecular formula is C22H22N4O3. The van der Waals surface area contributed by atoms with Gasteiger partial charge in [0.2, 0.25) is 0 Å². The fraction of sp³-hybridized carbons (Fsp3) is 0.182. The molecule has 0 fully saturated rings. The highest BCUT2D eigenvalue weighted by Crippen LogP contribution is 2.23. The van der Waals surface area contributed by atoms with Gasteiger partial charge in [0.05, 0.1) is 17.4 Å². The van der Waals surface area contributed by atoms with E-state index in [1.54, 1.807) is 18.7 Å². The number of amides is 2. The molecule has 4 aromatic rings. The van der Waals surface area contributed by atoms with Gasteiger partial charge in [-0.25, -0.2) is 9.48 Å². The van der Waals surface area contributed by atoms with Gasteiger partial charge in [-0.3, -0.25) is 9.48 Å². The first-order valence-corrected chi connectivity index (χ1v) is 9.35. The van der Waals surface area contributed by atoms with Crippen LogP contribution in [-0.4, -0.2) is 15.4 Å². The number of fused-ring (bicyclic) bond motifs is 1. The second kappa shape index (κ2) is 7.35. The van der Waals surface area contributed by atoms with Crippen LogP contribution in [0, 0.1) is 6.92 Å². The third-order valence-corrected chi connectivity index (χ3v) is 5.01. The smallest absolute Gasteiger partial charge is 0.320 e. The normalized spacial score (nSPS) is 12.1. The highest BCUT2D eigenvalue weighted by Gasteiger charge is 2.20. The fourth-order valence-electron chi connectivity index (χ4n) is 3.35. The minimum absolute atomic E-state index is 0.241. The summed E-state index contributed by atoms with van der Waals surface area (Å²) in [6.07, 6.45) is 0. The largest absolute Gasteiger partial charge is 0.459 e. The summed E-state index contributed by atoms with van der Waals surface area (Å²) in [5.41, 5.74) is 2.10. The van der Waals surface area contributed by atoms with Crippen LogP contribution >= 0.6 is 0 Å². The van der Waals surface area contributed by atoms with Crippen molar-refractivity contribution in [3.8, 4) is 5.69 Å². The lowest BCUT2D eigenvalue weighted by Crippen LogP contribution is -2.33. The average molecular weight is 390 g/mol. The quantitative estimate of drug-likeness (QED) is 0.550. The van der Waals surface area contributed by atoms with E-state index in [2.05, 4.69) is 10.6 Å². The van der Waals surface area contributed by atoms with Gasteiger partial charge in [-0.1, -0.05) is 36.4 Å². The monoisotopic (exact) mass is 390 g/mol. The molecule has 0 unspecified atom stereocenters. The maximum absolute atomic E-state index is 12.9. The van der Waals surface area contributed by atoms with Gasteiger partial charge < -0.3 is 15.1 Å². The molecule has 0 saturated carbocycles. The number of furan rings is 1. The summed E-state index contributed by atoms with van der Waals surface area (Å²) in [6.45, 7) is 3.62. The summed E-state index contributed by atoms with van der Waals surface area (Å²) in [5.74, 6) is 0.646. The van der Waals surface area contributed by atoms with Gasteiger partial charge in [-0.05, 0) is 38.1 Å². The molecule has 0 bridgehead atoms. The number of carbonyl (C=O) groups is 1. The molecule has 0 spiro atoms. The summed E-state index contributed by atoms with van der Waals surface area (Å²) in [5, 5.41) is 6.50. The molecule has 0 aliphatic heterocycles. The Balaban J connectivity index is 1.55. The molecular weight excluding hydrogens is 368 g/mol. The fourth-order valence-corrected chi connectivity index (χ4v) is 3.35. The first-order valence-electron chi connectivity index (χ1n) is 9.35. The summed E-state index contributed by atoms with van der Waals surface area (Å²) in [6, 6.07) is 18.0. The maximum atomic E-state index is 12.9. The zero-order valence-electron chi connectivity index (χ0n) is 16.5. The molecule has 0 aliphatic rings.